The van der Waals surface area contributed by atoms with Gasteiger partial charge in [0.15, 0.2) is 0 Å². The van der Waals surface area contributed by atoms with Crippen molar-refractivity contribution in [1.82, 2.24) is 0 Å². The molecule has 1 heteroatoms. The molecule has 136 valence electrons. The van der Waals surface area contributed by atoms with Crippen LogP contribution in [-0.2, 0) is 0 Å². The Labute approximate surface area is 157 Å². The Kier molecular flexibility index (Phi) is 5.53. The molecule has 2 fully saturated rings. The lowest BCUT2D eigenvalue weighted by atomic mass is 9.72. The lowest BCUT2D eigenvalue weighted by Crippen LogP contribution is -2.16. The highest BCUT2D eigenvalue weighted by Crippen LogP contribution is 2.46. The van der Waals surface area contributed by atoms with E-state index in [9.17, 15) is 4.79 Å². The van der Waals surface area contributed by atoms with Crippen LogP contribution in [0.2, 0.25) is 0 Å². The minimum atomic E-state index is 0.574. The standard InChI is InChI=1S/C25H30O/c26-18-22-16-17-23(19-10-4-1-5-11-19)25(21-14-8-3-9-15-21)24(22)20-12-6-2-7-13-20/h1,4-5,10-11,16-18,20-21H,2-3,6-9,12-15H2. The summed E-state index contributed by atoms with van der Waals surface area (Å²) in [6.45, 7) is 0. The largest absolute Gasteiger partial charge is 0.298 e. The van der Waals surface area contributed by atoms with Crippen molar-refractivity contribution in [1.29, 1.82) is 0 Å². The fourth-order valence-electron chi connectivity index (χ4n) is 5.30. The molecular formula is C25H30O. The van der Waals surface area contributed by atoms with Gasteiger partial charge in [-0.3, -0.25) is 4.79 Å². The van der Waals surface area contributed by atoms with Gasteiger partial charge in [-0.25, -0.2) is 0 Å². The van der Waals surface area contributed by atoms with E-state index in [1.54, 1.807) is 0 Å². The van der Waals surface area contributed by atoms with Crippen LogP contribution < -0.4 is 0 Å². The van der Waals surface area contributed by atoms with Crippen molar-refractivity contribution in [3.63, 3.8) is 0 Å². The van der Waals surface area contributed by atoms with Gasteiger partial charge in [-0.2, -0.15) is 0 Å². The van der Waals surface area contributed by atoms with E-state index in [0.717, 1.165) is 11.8 Å². The summed E-state index contributed by atoms with van der Waals surface area (Å²) in [6, 6.07) is 15.1. The summed E-state index contributed by atoms with van der Waals surface area (Å²) in [6.07, 6.45) is 14.2. The summed E-state index contributed by atoms with van der Waals surface area (Å²) >= 11 is 0. The zero-order valence-corrected chi connectivity index (χ0v) is 15.8. The van der Waals surface area contributed by atoms with Gasteiger partial charge in [-0.1, -0.05) is 81.0 Å². The van der Waals surface area contributed by atoms with Crippen LogP contribution >= 0.6 is 0 Å². The average Bonchev–Trinajstić information content (AvgIpc) is 2.74. The minimum absolute atomic E-state index is 0.574. The van der Waals surface area contributed by atoms with Crippen LogP contribution in [0.5, 0.6) is 0 Å². The Bertz CT molecular complexity index is 734. The topological polar surface area (TPSA) is 17.1 Å². The molecule has 1 nitrogen and oxygen atoms in total. The van der Waals surface area contributed by atoms with Crippen LogP contribution in [0, 0.1) is 0 Å². The Morgan fingerprint density at radius 3 is 1.81 bits per heavy atom. The van der Waals surface area contributed by atoms with Gasteiger partial charge in [0, 0.05) is 5.56 Å². The molecule has 2 aliphatic carbocycles. The highest BCUT2D eigenvalue weighted by Gasteiger charge is 2.28. The number of hydrogen-bond donors (Lipinski definition) is 0. The lowest BCUT2D eigenvalue weighted by molar-refractivity contribution is 0.112. The normalized spacial score (nSPS) is 19.4. The maximum Gasteiger partial charge on any atom is 0.150 e. The minimum Gasteiger partial charge on any atom is -0.298 e. The Hall–Kier alpha value is -1.89. The molecule has 0 saturated heterocycles. The predicted octanol–water partition coefficient (Wildman–Crippen LogP) is 7.26. The Morgan fingerprint density at radius 1 is 0.654 bits per heavy atom. The summed E-state index contributed by atoms with van der Waals surface area (Å²) in [7, 11) is 0. The van der Waals surface area contributed by atoms with E-state index in [4.69, 9.17) is 0 Å². The third kappa shape index (κ3) is 3.49. The fraction of sp³-hybridized carbons (Fsp3) is 0.480. The van der Waals surface area contributed by atoms with E-state index in [-0.39, 0.29) is 0 Å². The third-order valence-corrected chi connectivity index (χ3v) is 6.56. The molecule has 2 saturated carbocycles. The molecule has 0 aliphatic heterocycles. The fourth-order valence-corrected chi connectivity index (χ4v) is 5.30. The molecule has 2 aromatic carbocycles. The number of aldehydes is 1. The zero-order chi connectivity index (χ0) is 17.8. The third-order valence-electron chi connectivity index (χ3n) is 6.56. The molecule has 0 radical (unpaired) electrons. The van der Waals surface area contributed by atoms with Gasteiger partial charge in [0.05, 0.1) is 0 Å². The van der Waals surface area contributed by atoms with E-state index in [0.29, 0.717) is 11.8 Å². The molecule has 0 bridgehead atoms. The summed E-state index contributed by atoms with van der Waals surface area (Å²) in [4.78, 5) is 12.0. The van der Waals surface area contributed by atoms with Crippen LogP contribution in [0.3, 0.4) is 0 Å². The number of carbonyl (C=O) groups is 1. The van der Waals surface area contributed by atoms with Gasteiger partial charge in [0.25, 0.3) is 0 Å². The summed E-state index contributed by atoms with van der Waals surface area (Å²) < 4.78 is 0. The number of hydrogen-bond acceptors (Lipinski definition) is 1. The first kappa shape index (κ1) is 17.5. The lowest BCUT2D eigenvalue weighted by Gasteiger charge is -2.32. The average molecular weight is 347 g/mol. The van der Waals surface area contributed by atoms with Gasteiger partial charge >= 0.3 is 0 Å². The summed E-state index contributed by atoms with van der Waals surface area (Å²) in [5.74, 6) is 1.19. The smallest absolute Gasteiger partial charge is 0.150 e. The van der Waals surface area contributed by atoms with Crippen LogP contribution in [0.1, 0.15) is 97.5 Å². The van der Waals surface area contributed by atoms with Crippen LogP contribution in [0.25, 0.3) is 11.1 Å². The van der Waals surface area contributed by atoms with Gasteiger partial charge in [-0.15, -0.1) is 0 Å². The number of benzene rings is 2. The van der Waals surface area contributed by atoms with Gasteiger partial charge in [-0.05, 0) is 59.8 Å². The summed E-state index contributed by atoms with van der Waals surface area (Å²) in [5.41, 5.74) is 6.57. The van der Waals surface area contributed by atoms with E-state index < -0.39 is 0 Å². The van der Waals surface area contributed by atoms with Crippen molar-refractivity contribution >= 4 is 6.29 Å². The molecule has 2 aliphatic rings. The maximum absolute atomic E-state index is 12.0. The van der Waals surface area contributed by atoms with Crippen LogP contribution in [0.15, 0.2) is 42.5 Å². The van der Waals surface area contributed by atoms with Crippen molar-refractivity contribution < 1.29 is 4.79 Å². The van der Waals surface area contributed by atoms with Gasteiger partial charge in [0.2, 0.25) is 0 Å². The number of rotatable bonds is 4. The van der Waals surface area contributed by atoms with E-state index >= 15 is 0 Å². The molecule has 4 rings (SSSR count). The van der Waals surface area contributed by atoms with Crippen molar-refractivity contribution in [3.8, 4) is 11.1 Å². The van der Waals surface area contributed by atoms with Gasteiger partial charge in [0.1, 0.15) is 6.29 Å². The SMILES string of the molecule is O=Cc1ccc(-c2ccccc2)c(C2CCCCC2)c1C1CCCCC1. The van der Waals surface area contributed by atoms with Crippen LogP contribution in [0.4, 0.5) is 0 Å². The first-order chi connectivity index (χ1) is 12.9. The van der Waals surface area contributed by atoms with Crippen molar-refractivity contribution in [2.24, 2.45) is 0 Å². The zero-order valence-electron chi connectivity index (χ0n) is 15.8. The molecule has 0 heterocycles. The molecule has 0 aromatic heterocycles. The second-order valence-electron chi connectivity index (χ2n) is 8.18. The van der Waals surface area contributed by atoms with Gasteiger partial charge < -0.3 is 0 Å². The monoisotopic (exact) mass is 346 g/mol. The molecule has 0 amide bonds. The van der Waals surface area contributed by atoms with Crippen LogP contribution in [-0.4, -0.2) is 6.29 Å². The maximum atomic E-state index is 12.0. The second-order valence-corrected chi connectivity index (χ2v) is 8.18. The quantitative estimate of drug-likeness (QED) is 0.532. The Morgan fingerprint density at radius 2 is 1.23 bits per heavy atom. The summed E-state index contributed by atoms with van der Waals surface area (Å²) in [5, 5.41) is 0. The first-order valence-corrected chi connectivity index (χ1v) is 10.6. The molecular weight excluding hydrogens is 316 g/mol. The molecule has 0 N–H and O–H groups in total. The highest BCUT2D eigenvalue weighted by atomic mass is 16.1. The highest BCUT2D eigenvalue weighted by molar-refractivity contribution is 5.83. The number of carbonyl (C=O) groups excluding carboxylic acids is 1. The van der Waals surface area contributed by atoms with Crippen molar-refractivity contribution in [2.45, 2.75) is 76.0 Å². The molecule has 26 heavy (non-hydrogen) atoms. The molecule has 2 aromatic rings. The van der Waals surface area contributed by atoms with Crippen molar-refractivity contribution in [2.75, 3.05) is 0 Å². The predicted molar refractivity (Wildman–Crippen MR) is 109 cm³/mol. The molecule has 0 unspecified atom stereocenters. The molecule has 0 atom stereocenters. The van der Waals surface area contributed by atoms with E-state index in [2.05, 4.69) is 42.5 Å². The second kappa shape index (κ2) is 8.20. The van der Waals surface area contributed by atoms with E-state index in [1.807, 2.05) is 0 Å². The first-order valence-electron chi connectivity index (χ1n) is 10.6. The van der Waals surface area contributed by atoms with E-state index in [1.165, 1.54) is 86.5 Å². The molecule has 0 spiro atoms. The Balaban J connectivity index is 1.89. The van der Waals surface area contributed by atoms with Crippen molar-refractivity contribution in [3.05, 3.63) is 59.2 Å².